The molecule has 49 heavy (non-hydrogen) atoms. The highest BCUT2D eigenvalue weighted by Crippen LogP contribution is 2.36. The molecule has 236 valence electrons. The largest absolute Gasteiger partial charge is 0.492 e. The average Bonchev–Trinajstić information content (AvgIpc) is 3.12. The molecule has 0 saturated heterocycles. The minimum atomic E-state index is -0.600. The summed E-state index contributed by atoms with van der Waals surface area (Å²) in [6.45, 7) is 0. The molecule has 0 bridgehead atoms. The van der Waals surface area contributed by atoms with Crippen LogP contribution in [0.4, 0.5) is 0 Å². The Morgan fingerprint density at radius 3 is 1.08 bits per heavy atom. The van der Waals surface area contributed by atoms with E-state index in [-0.39, 0.29) is 22.3 Å². The van der Waals surface area contributed by atoms with Gasteiger partial charge in [0.25, 0.3) is 0 Å². The summed E-state index contributed by atoms with van der Waals surface area (Å²) < 4.78 is 6.15. The lowest BCUT2D eigenvalue weighted by Crippen LogP contribution is -1.99. The molecule has 0 unspecified atom stereocenters. The quantitative estimate of drug-likeness (QED) is 0.154. The van der Waals surface area contributed by atoms with Gasteiger partial charge in [0.15, 0.2) is 22.3 Å². The minimum Gasteiger partial charge on any atom is -0.492 e. The first-order valence-corrected chi connectivity index (χ1v) is 14.8. The predicted molar refractivity (Wildman–Crippen MR) is 179 cm³/mol. The van der Waals surface area contributed by atoms with E-state index >= 15 is 0 Å². The van der Waals surface area contributed by atoms with Crippen LogP contribution in [0.15, 0.2) is 109 Å². The highest BCUT2D eigenvalue weighted by Gasteiger charge is 2.19. The van der Waals surface area contributed by atoms with Gasteiger partial charge in [0, 0.05) is 22.3 Å². The summed E-state index contributed by atoms with van der Waals surface area (Å²) in [4.78, 5) is 33.6. The van der Waals surface area contributed by atoms with Gasteiger partial charge in [0.2, 0.25) is 11.8 Å². The summed E-state index contributed by atoms with van der Waals surface area (Å²) >= 11 is 0. The zero-order valence-electron chi connectivity index (χ0n) is 25.2. The van der Waals surface area contributed by atoms with Crippen molar-refractivity contribution in [1.82, 2.24) is 39.9 Å². The van der Waals surface area contributed by atoms with Crippen molar-refractivity contribution in [3.05, 3.63) is 109 Å². The van der Waals surface area contributed by atoms with Gasteiger partial charge < -0.3 is 25.2 Å². The molecular formula is C36H22N8O5. The van der Waals surface area contributed by atoms with E-state index in [1.165, 1.54) is 0 Å². The van der Waals surface area contributed by atoms with Crippen molar-refractivity contribution < 1.29 is 25.2 Å². The third-order valence-corrected chi connectivity index (χ3v) is 7.59. The first-order chi connectivity index (χ1) is 23.9. The van der Waals surface area contributed by atoms with Crippen molar-refractivity contribution in [2.45, 2.75) is 0 Å². The first kappa shape index (κ1) is 29.1. The van der Waals surface area contributed by atoms with Crippen LogP contribution < -0.4 is 4.74 Å². The van der Waals surface area contributed by atoms with Crippen LogP contribution in [-0.2, 0) is 0 Å². The number of rotatable bonds is 6. The van der Waals surface area contributed by atoms with Gasteiger partial charge in [-0.25, -0.2) is 19.9 Å². The topological polar surface area (TPSA) is 193 Å². The zero-order chi connectivity index (χ0) is 33.5. The van der Waals surface area contributed by atoms with Gasteiger partial charge in [0.05, 0.1) is 22.8 Å². The molecule has 4 aromatic carbocycles. The Labute approximate surface area is 276 Å². The predicted octanol–water partition coefficient (Wildman–Crippen LogP) is 6.44. The Hall–Kier alpha value is -7.28. The van der Waals surface area contributed by atoms with Crippen molar-refractivity contribution in [3.8, 4) is 80.3 Å². The summed E-state index contributed by atoms with van der Waals surface area (Å²) in [5.41, 5.74) is 5.18. The molecule has 0 spiro atoms. The lowest BCUT2D eigenvalue weighted by Gasteiger charge is -2.12. The van der Waals surface area contributed by atoms with Crippen molar-refractivity contribution in [3.63, 3.8) is 0 Å². The fourth-order valence-corrected chi connectivity index (χ4v) is 5.34. The molecule has 0 aliphatic heterocycles. The number of aromatic hydroxyl groups is 4. The first-order valence-electron chi connectivity index (χ1n) is 14.8. The number of fused-ring (bicyclic) bond motifs is 2. The molecule has 13 heteroatoms. The van der Waals surface area contributed by atoms with Crippen molar-refractivity contribution in [2.24, 2.45) is 0 Å². The smallest absolute Gasteiger partial charge is 0.319 e. The molecular weight excluding hydrogens is 624 g/mol. The number of nitrogens with zero attached hydrogens (tertiary/aromatic N) is 8. The van der Waals surface area contributed by atoms with Crippen LogP contribution in [-0.4, -0.2) is 60.3 Å². The van der Waals surface area contributed by atoms with E-state index in [4.69, 9.17) is 4.74 Å². The van der Waals surface area contributed by atoms with Crippen LogP contribution in [0, 0.1) is 0 Å². The summed E-state index contributed by atoms with van der Waals surface area (Å²) in [7, 11) is 0. The minimum absolute atomic E-state index is 0.0558. The molecule has 0 saturated carbocycles. The highest BCUT2D eigenvalue weighted by molar-refractivity contribution is 5.88. The van der Waals surface area contributed by atoms with Gasteiger partial charge in [-0.05, 0) is 48.5 Å². The van der Waals surface area contributed by atoms with Crippen molar-refractivity contribution in [2.75, 3.05) is 0 Å². The number of benzene rings is 4. The lowest BCUT2D eigenvalue weighted by molar-refractivity contribution is 0.401. The number of hydrogen-bond acceptors (Lipinski definition) is 13. The van der Waals surface area contributed by atoms with E-state index in [1.54, 1.807) is 24.3 Å². The molecule has 0 amide bonds. The molecule has 4 N–H and O–H groups in total. The van der Waals surface area contributed by atoms with Crippen LogP contribution in [0.1, 0.15) is 0 Å². The zero-order valence-corrected chi connectivity index (χ0v) is 25.2. The van der Waals surface area contributed by atoms with Crippen LogP contribution in [0.25, 0.3) is 67.4 Å². The van der Waals surface area contributed by atoms with Gasteiger partial charge in [-0.3, -0.25) is 0 Å². The maximum Gasteiger partial charge on any atom is 0.319 e. The van der Waals surface area contributed by atoms with E-state index in [2.05, 4.69) is 39.9 Å². The van der Waals surface area contributed by atoms with E-state index in [0.717, 1.165) is 11.1 Å². The molecule has 0 aliphatic rings. The van der Waals surface area contributed by atoms with Crippen LogP contribution in [0.2, 0.25) is 0 Å². The molecule has 0 aliphatic carbocycles. The third kappa shape index (κ3) is 5.57. The fraction of sp³-hybridized carbons (Fsp3) is 0. The number of hydrogen-bond donors (Lipinski definition) is 4. The van der Waals surface area contributed by atoms with Crippen molar-refractivity contribution in [1.29, 1.82) is 0 Å². The molecule has 0 atom stereocenters. The molecule has 8 rings (SSSR count). The van der Waals surface area contributed by atoms with E-state index in [0.29, 0.717) is 45.4 Å². The van der Waals surface area contributed by atoms with Crippen LogP contribution in [0.3, 0.4) is 0 Å². The summed E-state index contributed by atoms with van der Waals surface area (Å²) in [6.07, 6.45) is 0. The fourth-order valence-electron chi connectivity index (χ4n) is 5.34. The molecule has 4 heterocycles. The second kappa shape index (κ2) is 11.8. The van der Waals surface area contributed by atoms with Gasteiger partial charge in [0.1, 0.15) is 11.5 Å². The van der Waals surface area contributed by atoms with E-state index < -0.39 is 23.8 Å². The third-order valence-electron chi connectivity index (χ3n) is 7.59. The second-order valence-corrected chi connectivity index (χ2v) is 10.8. The van der Waals surface area contributed by atoms with Crippen LogP contribution >= 0.6 is 0 Å². The molecule has 4 aromatic heterocycles. The van der Waals surface area contributed by atoms with Crippen molar-refractivity contribution >= 4 is 22.3 Å². The molecule has 8 aromatic rings. The lowest BCUT2D eigenvalue weighted by atomic mass is 10.0. The normalized spacial score (nSPS) is 11.2. The van der Waals surface area contributed by atoms with Crippen LogP contribution in [0.5, 0.6) is 35.3 Å². The standard InChI is InChI=1S/C36H22N8O5/c45-33-29-31(41-35(47)43-33)39-27(19-7-3-1-4-8-19)25(37-29)21-11-15-23(16-12-21)49-24-17-13-22(14-18-24)26-28(20-9-5-2-6-10-20)40-32-30(38-26)34(46)44-36(48)42-32/h1-18H,(H2,39,41,43,45,47)(H2,40,42,44,46,48). The molecule has 0 fully saturated rings. The Balaban J connectivity index is 1.11. The monoisotopic (exact) mass is 646 g/mol. The Kier molecular flexibility index (Phi) is 7.03. The average molecular weight is 647 g/mol. The maximum atomic E-state index is 10.4. The molecule has 13 nitrogen and oxygen atoms in total. The second-order valence-electron chi connectivity index (χ2n) is 10.8. The van der Waals surface area contributed by atoms with E-state index in [1.807, 2.05) is 84.9 Å². The van der Waals surface area contributed by atoms with E-state index in [9.17, 15) is 20.4 Å². The summed E-state index contributed by atoms with van der Waals surface area (Å²) in [6, 6.07) is 32.1. The van der Waals surface area contributed by atoms with Gasteiger partial charge in [-0.1, -0.05) is 60.7 Å². The summed E-state index contributed by atoms with van der Waals surface area (Å²) in [5.74, 6) is 0.156. The molecule has 0 radical (unpaired) electrons. The Bertz CT molecular complexity index is 2330. The number of ether oxygens (including phenoxy) is 1. The Morgan fingerprint density at radius 1 is 0.347 bits per heavy atom. The number of aromatic nitrogens is 8. The maximum absolute atomic E-state index is 10.4. The highest BCUT2D eigenvalue weighted by atomic mass is 16.5. The SMILES string of the molecule is Oc1nc(O)c2nc(-c3ccc(Oc4ccc(-c5nc6c(O)nc(O)nc6nc5-c5ccccc5)cc4)cc3)c(-c3ccccc3)nc2n1. The summed E-state index contributed by atoms with van der Waals surface area (Å²) in [5, 5.41) is 40.3. The Morgan fingerprint density at radius 2 is 0.694 bits per heavy atom. The van der Waals surface area contributed by atoms with Gasteiger partial charge in [-0.15, -0.1) is 0 Å². The van der Waals surface area contributed by atoms with Gasteiger partial charge >= 0.3 is 12.0 Å². The van der Waals surface area contributed by atoms with Gasteiger partial charge in [-0.2, -0.15) is 19.9 Å².